The number of ether oxygens (including phenoxy) is 1. The van der Waals surface area contributed by atoms with Crippen LogP contribution in [0.25, 0.3) is 5.69 Å². The highest BCUT2D eigenvalue weighted by molar-refractivity contribution is 6.32. The predicted molar refractivity (Wildman–Crippen MR) is 65.9 cm³/mol. The molecule has 5 heteroatoms. The number of benzene rings is 1. The van der Waals surface area contributed by atoms with Gasteiger partial charge in [-0.25, -0.2) is 4.68 Å². The van der Waals surface area contributed by atoms with Gasteiger partial charge in [0.2, 0.25) is 0 Å². The van der Waals surface area contributed by atoms with E-state index in [4.69, 9.17) is 16.3 Å². The van der Waals surface area contributed by atoms with Crippen LogP contribution < -0.4 is 10.1 Å². The maximum atomic E-state index is 6.10. The lowest BCUT2D eigenvalue weighted by molar-refractivity contribution is 0.142. The first-order valence-electron chi connectivity index (χ1n) is 5.50. The lowest BCUT2D eigenvalue weighted by Crippen LogP contribution is -2.50. The number of rotatable bonds is 3. The Hall–Kier alpha value is -1.52. The Kier molecular flexibility index (Phi) is 2.74. The van der Waals surface area contributed by atoms with Gasteiger partial charge >= 0.3 is 0 Å². The second-order valence-electron chi connectivity index (χ2n) is 3.97. The lowest BCUT2D eigenvalue weighted by Gasteiger charge is -2.26. The molecule has 2 aromatic rings. The Balaban J connectivity index is 1.82. The highest BCUT2D eigenvalue weighted by Gasteiger charge is 2.19. The van der Waals surface area contributed by atoms with Gasteiger partial charge in [-0.3, -0.25) is 0 Å². The molecule has 0 amide bonds. The van der Waals surface area contributed by atoms with Gasteiger partial charge in [0.1, 0.15) is 6.10 Å². The average molecular weight is 250 g/mol. The van der Waals surface area contributed by atoms with E-state index >= 15 is 0 Å². The van der Waals surface area contributed by atoms with E-state index in [2.05, 4.69) is 10.4 Å². The normalized spacial score (nSPS) is 15.6. The maximum absolute atomic E-state index is 6.10. The predicted octanol–water partition coefficient (Wildman–Crippen LogP) is 1.88. The molecule has 88 valence electrons. The molecule has 0 atom stereocenters. The van der Waals surface area contributed by atoms with E-state index < -0.39 is 0 Å². The molecule has 0 radical (unpaired) electrons. The summed E-state index contributed by atoms with van der Waals surface area (Å²) in [6, 6.07) is 7.59. The van der Waals surface area contributed by atoms with Gasteiger partial charge in [0.15, 0.2) is 5.75 Å². The second kappa shape index (κ2) is 4.39. The minimum Gasteiger partial charge on any atom is -0.484 e. The first-order chi connectivity index (χ1) is 8.33. The van der Waals surface area contributed by atoms with Crippen molar-refractivity contribution < 1.29 is 4.74 Å². The molecule has 0 bridgehead atoms. The standard InChI is InChI=1S/C12H12ClN3O/c13-11-3-1-2-4-12(11)16-8-10(7-15-16)17-9-5-14-6-9/h1-4,7-9,14H,5-6H2. The summed E-state index contributed by atoms with van der Waals surface area (Å²) in [6.45, 7) is 1.80. The number of nitrogens with one attached hydrogen (secondary N) is 1. The molecule has 1 saturated heterocycles. The van der Waals surface area contributed by atoms with Crippen molar-refractivity contribution >= 4 is 11.6 Å². The fourth-order valence-electron chi connectivity index (χ4n) is 1.67. The minimum atomic E-state index is 0.263. The van der Waals surface area contributed by atoms with E-state index in [1.54, 1.807) is 10.9 Å². The number of nitrogens with zero attached hydrogens (tertiary/aromatic N) is 2. The molecular weight excluding hydrogens is 238 g/mol. The van der Waals surface area contributed by atoms with Crippen molar-refractivity contribution in [1.82, 2.24) is 15.1 Å². The van der Waals surface area contributed by atoms with Crippen molar-refractivity contribution in [2.75, 3.05) is 13.1 Å². The molecule has 1 aromatic heterocycles. The molecule has 4 nitrogen and oxygen atoms in total. The second-order valence-corrected chi connectivity index (χ2v) is 4.38. The molecule has 3 rings (SSSR count). The molecule has 1 N–H and O–H groups in total. The topological polar surface area (TPSA) is 39.1 Å². The highest BCUT2D eigenvalue weighted by Crippen LogP contribution is 2.21. The quantitative estimate of drug-likeness (QED) is 0.903. The summed E-state index contributed by atoms with van der Waals surface area (Å²) < 4.78 is 7.43. The molecule has 1 aliphatic rings. The number of hydrogen-bond acceptors (Lipinski definition) is 3. The van der Waals surface area contributed by atoms with Gasteiger partial charge in [0, 0.05) is 13.1 Å². The van der Waals surface area contributed by atoms with Crippen LogP contribution in [-0.4, -0.2) is 29.0 Å². The zero-order chi connectivity index (χ0) is 11.7. The van der Waals surface area contributed by atoms with Crippen LogP contribution in [0.5, 0.6) is 5.75 Å². The largest absolute Gasteiger partial charge is 0.484 e. The number of para-hydroxylation sites is 1. The SMILES string of the molecule is Clc1ccccc1-n1cc(OC2CNC2)cn1. The third kappa shape index (κ3) is 2.14. The van der Waals surface area contributed by atoms with Crippen molar-refractivity contribution in [2.24, 2.45) is 0 Å². The number of hydrogen-bond donors (Lipinski definition) is 1. The maximum Gasteiger partial charge on any atom is 0.158 e. The van der Waals surface area contributed by atoms with Crippen LogP contribution in [0.15, 0.2) is 36.7 Å². The van der Waals surface area contributed by atoms with E-state index in [0.717, 1.165) is 24.5 Å². The summed E-state index contributed by atoms with van der Waals surface area (Å²) in [6.07, 6.45) is 3.82. The van der Waals surface area contributed by atoms with E-state index in [1.807, 2.05) is 30.5 Å². The van der Waals surface area contributed by atoms with Gasteiger partial charge in [-0.05, 0) is 12.1 Å². The Morgan fingerprint density at radius 3 is 2.88 bits per heavy atom. The van der Waals surface area contributed by atoms with Gasteiger partial charge in [-0.15, -0.1) is 0 Å². The molecule has 0 aliphatic carbocycles. The molecular formula is C12H12ClN3O. The van der Waals surface area contributed by atoms with Gasteiger partial charge < -0.3 is 10.1 Å². The summed E-state index contributed by atoms with van der Waals surface area (Å²) in [4.78, 5) is 0. The third-order valence-corrected chi connectivity index (χ3v) is 3.02. The first kappa shape index (κ1) is 10.6. The molecule has 2 heterocycles. The Morgan fingerprint density at radius 2 is 2.18 bits per heavy atom. The number of halogens is 1. The van der Waals surface area contributed by atoms with Crippen molar-refractivity contribution in [2.45, 2.75) is 6.10 Å². The highest BCUT2D eigenvalue weighted by atomic mass is 35.5. The molecule has 1 fully saturated rings. The molecule has 1 aromatic carbocycles. The van der Waals surface area contributed by atoms with Gasteiger partial charge in [-0.1, -0.05) is 23.7 Å². The molecule has 17 heavy (non-hydrogen) atoms. The molecule has 1 aliphatic heterocycles. The molecule has 0 unspecified atom stereocenters. The van der Waals surface area contributed by atoms with Crippen LogP contribution >= 0.6 is 11.6 Å². The zero-order valence-corrected chi connectivity index (χ0v) is 9.89. The van der Waals surface area contributed by atoms with Crippen molar-refractivity contribution in [3.05, 3.63) is 41.7 Å². The third-order valence-electron chi connectivity index (χ3n) is 2.70. The summed E-state index contributed by atoms with van der Waals surface area (Å²) in [5.74, 6) is 0.774. The van der Waals surface area contributed by atoms with Crippen LogP contribution in [0.2, 0.25) is 5.02 Å². The van der Waals surface area contributed by atoms with Crippen LogP contribution in [0.4, 0.5) is 0 Å². The van der Waals surface area contributed by atoms with Gasteiger partial charge in [-0.2, -0.15) is 5.10 Å². The summed E-state index contributed by atoms with van der Waals surface area (Å²) in [5, 5.41) is 8.07. The Bertz CT molecular complexity index is 522. The average Bonchev–Trinajstić information content (AvgIpc) is 2.73. The fraction of sp³-hybridized carbons (Fsp3) is 0.250. The van der Waals surface area contributed by atoms with E-state index in [-0.39, 0.29) is 6.10 Å². The Labute approximate surface area is 104 Å². The lowest BCUT2D eigenvalue weighted by atomic mass is 10.2. The van der Waals surface area contributed by atoms with E-state index in [9.17, 15) is 0 Å². The fourth-order valence-corrected chi connectivity index (χ4v) is 1.90. The van der Waals surface area contributed by atoms with Gasteiger partial charge in [0.05, 0.1) is 23.1 Å². The summed E-state index contributed by atoms with van der Waals surface area (Å²) in [5.41, 5.74) is 0.857. The minimum absolute atomic E-state index is 0.263. The van der Waals surface area contributed by atoms with E-state index in [1.165, 1.54) is 0 Å². The van der Waals surface area contributed by atoms with Gasteiger partial charge in [0.25, 0.3) is 0 Å². The van der Waals surface area contributed by atoms with Crippen LogP contribution in [0, 0.1) is 0 Å². The summed E-state index contributed by atoms with van der Waals surface area (Å²) >= 11 is 6.10. The van der Waals surface area contributed by atoms with Crippen molar-refractivity contribution in [3.63, 3.8) is 0 Å². The summed E-state index contributed by atoms with van der Waals surface area (Å²) in [7, 11) is 0. The number of aromatic nitrogens is 2. The molecule has 0 saturated carbocycles. The smallest absolute Gasteiger partial charge is 0.158 e. The van der Waals surface area contributed by atoms with Crippen molar-refractivity contribution in [1.29, 1.82) is 0 Å². The monoisotopic (exact) mass is 249 g/mol. The first-order valence-corrected chi connectivity index (χ1v) is 5.88. The van der Waals surface area contributed by atoms with Crippen LogP contribution in [0.1, 0.15) is 0 Å². The van der Waals surface area contributed by atoms with Crippen LogP contribution in [0.3, 0.4) is 0 Å². The van der Waals surface area contributed by atoms with Crippen molar-refractivity contribution in [3.8, 4) is 11.4 Å². The molecule has 0 spiro atoms. The zero-order valence-electron chi connectivity index (χ0n) is 9.14. The Morgan fingerprint density at radius 1 is 1.35 bits per heavy atom. The van der Waals surface area contributed by atoms with E-state index in [0.29, 0.717) is 5.02 Å². The van der Waals surface area contributed by atoms with Crippen LogP contribution in [-0.2, 0) is 0 Å².